The summed E-state index contributed by atoms with van der Waals surface area (Å²) in [6.07, 6.45) is 2.05. The smallest absolute Gasteiger partial charge is 0.284 e. The van der Waals surface area contributed by atoms with Gasteiger partial charge in [-0.25, -0.2) is 8.42 Å². The first kappa shape index (κ1) is 30.3. The Morgan fingerprint density at radius 3 is 2.24 bits per heavy atom. The lowest BCUT2D eigenvalue weighted by Gasteiger charge is -2.15. The van der Waals surface area contributed by atoms with E-state index in [-0.39, 0.29) is 38.5 Å². The van der Waals surface area contributed by atoms with Crippen molar-refractivity contribution >= 4 is 59.8 Å². The number of nitro benzene ring substituents is 1. The average molecular weight is 570 g/mol. The van der Waals surface area contributed by atoms with Gasteiger partial charge >= 0.3 is 0 Å². The molecule has 0 saturated carbocycles. The van der Waals surface area contributed by atoms with Crippen LogP contribution in [-0.4, -0.2) is 36.8 Å². The van der Waals surface area contributed by atoms with Crippen LogP contribution in [0, 0.1) is 15.5 Å². The van der Waals surface area contributed by atoms with E-state index in [0.29, 0.717) is 31.5 Å². The zero-order valence-electron chi connectivity index (χ0n) is 20.6. The molecule has 0 fully saturated rings. The van der Waals surface area contributed by atoms with Gasteiger partial charge in [0.15, 0.2) is 5.12 Å². The molecule has 0 radical (unpaired) electrons. The van der Waals surface area contributed by atoms with Gasteiger partial charge in [-0.3, -0.25) is 24.5 Å². The maximum Gasteiger partial charge on any atom is 0.284 e. The van der Waals surface area contributed by atoms with E-state index < -0.39 is 25.3 Å². The first-order valence-corrected chi connectivity index (χ1v) is 14.4. The fourth-order valence-corrected chi connectivity index (χ4v) is 4.61. The number of thioether (sulfide) groups is 1. The van der Waals surface area contributed by atoms with Crippen LogP contribution >= 0.6 is 22.4 Å². The van der Waals surface area contributed by atoms with Gasteiger partial charge in [0.2, 0.25) is 5.91 Å². The molecule has 10 nitrogen and oxygen atoms in total. The predicted molar refractivity (Wildman–Crippen MR) is 142 cm³/mol. The van der Waals surface area contributed by atoms with Crippen molar-refractivity contribution in [2.75, 3.05) is 11.9 Å². The van der Waals surface area contributed by atoms with E-state index in [0.717, 1.165) is 17.8 Å². The summed E-state index contributed by atoms with van der Waals surface area (Å²) >= 11 is 0.783. The number of hydrogen-bond donors (Lipinski definition) is 2. The standard InChI is InChI=1S/C24H28ClN3O7S2/c1-24(2,3)23(31)36-20-13-8-16(15-19(20)28(32)33)22(30)26-14-6-4-5-7-21(29)27-17-9-11-18(12-10-17)37(25,34)35/h8-13,15H,4-7,14H2,1-3H3,(H,26,30)(H,27,29). The van der Waals surface area contributed by atoms with Crippen LogP contribution in [0.1, 0.15) is 56.8 Å². The van der Waals surface area contributed by atoms with Crippen LogP contribution in [-0.2, 0) is 18.6 Å². The van der Waals surface area contributed by atoms with Crippen molar-refractivity contribution < 1.29 is 27.7 Å². The van der Waals surface area contributed by atoms with Crippen LogP contribution in [0.2, 0.25) is 0 Å². The summed E-state index contributed by atoms with van der Waals surface area (Å²) in [6.45, 7) is 5.49. The van der Waals surface area contributed by atoms with Crippen molar-refractivity contribution in [3.05, 3.63) is 58.1 Å². The van der Waals surface area contributed by atoms with Gasteiger partial charge in [0.05, 0.1) is 14.7 Å². The molecule has 0 aliphatic heterocycles. The van der Waals surface area contributed by atoms with Crippen molar-refractivity contribution in [1.29, 1.82) is 0 Å². The highest BCUT2D eigenvalue weighted by Gasteiger charge is 2.26. The van der Waals surface area contributed by atoms with Crippen LogP contribution in [0.5, 0.6) is 0 Å². The molecule has 0 aliphatic carbocycles. The van der Waals surface area contributed by atoms with E-state index in [4.69, 9.17) is 10.7 Å². The predicted octanol–water partition coefficient (Wildman–Crippen LogP) is 5.12. The van der Waals surface area contributed by atoms with Crippen molar-refractivity contribution in [3.63, 3.8) is 0 Å². The molecule has 2 rings (SSSR count). The summed E-state index contributed by atoms with van der Waals surface area (Å²) in [6, 6.07) is 9.50. The molecular weight excluding hydrogens is 542 g/mol. The largest absolute Gasteiger partial charge is 0.352 e. The van der Waals surface area contributed by atoms with Gasteiger partial charge in [-0.15, -0.1) is 0 Å². The Labute approximate surface area is 224 Å². The van der Waals surface area contributed by atoms with Crippen LogP contribution in [0.15, 0.2) is 52.3 Å². The van der Waals surface area contributed by atoms with Crippen LogP contribution < -0.4 is 10.6 Å². The molecule has 2 N–H and O–H groups in total. The van der Waals surface area contributed by atoms with Gasteiger partial charge in [0, 0.05) is 46.4 Å². The molecule has 200 valence electrons. The van der Waals surface area contributed by atoms with E-state index in [2.05, 4.69) is 10.6 Å². The molecule has 2 aromatic carbocycles. The minimum Gasteiger partial charge on any atom is -0.352 e. The summed E-state index contributed by atoms with van der Waals surface area (Å²) in [7, 11) is 1.43. The lowest BCUT2D eigenvalue weighted by Crippen LogP contribution is -2.24. The van der Waals surface area contributed by atoms with Crippen molar-refractivity contribution in [3.8, 4) is 0 Å². The second-order valence-electron chi connectivity index (χ2n) is 9.16. The summed E-state index contributed by atoms with van der Waals surface area (Å²) < 4.78 is 22.5. The van der Waals surface area contributed by atoms with Crippen LogP contribution in [0.25, 0.3) is 0 Å². The number of unbranched alkanes of at least 4 members (excludes halogenated alkanes) is 2. The molecule has 0 aromatic heterocycles. The third kappa shape index (κ3) is 9.78. The van der Waals surface area contributed by atoms with Gasteiger partial charge < -0.3 is 10.6 Å². The van der Waals surface area contributed by atoms with Crippen molar-refractivity contribution in [2.45, 2.75) is 56.2 Å². The number of carbonyl (C=O) groups excluding carboxylic acids is 3. The number of anilines is 1. The Balaban J connectivity index is 1.78. The molecule has 0 spiro atoms. The zero-order chi connectivity index (χ0) is 27.8. The van der Waals surface area contributed by atoms with E-state index >= 15 is 0 Å². The van der Waals surface area contributed by atoms with Crippen molar-refractivity contribution in [1.82, 2.24) is 5.32 Å². The highest BCUT2D eigenvalue weighted by molar-refractivity contribution is 8.14. The molecule has 0 unspecified atom stereocenters. The second kappa shape index (κ2) is 13.0. The number of hydrogen-bond acceptors (Lipinski definition) is 8. The third-order valence-corrected chi connectivity index (χ3v) is 7.75. The number of nitrogens with one attached hydrogen (secondary N) is 2. The second-order valence-corrected chi connectivity index (χ2v) is 12.7. The lowest BCUT2D eigenvalue weighted by molar-refractivity contribution is -0.387. The topological polar surface area (TPSA) is 153 Å². The van der Waals surface area contributed by atoms with Gasteiger partial charge in [-0.2, -0.15) is 0 Å². The first-order valence-electron chi connectivity index (χ1n) is 11.3. The minimum absolute atomic E-state index is 0.0608. The Bertz CT molecular complexity index is 1270. The number of carbonyl (C=O) groups is 3. The van der Waals surface area contributed by atoms with Gasteiger partial charge in [-0.05, 0) is 61.0 Å². The maximum absolute atomic E-state index is 12.4. The average Bonchev–Trinajstić information content (AvgIpc) is 2.80. The molecule has 2 aromatic rings. The minimum atomic E-state index is -3.83. The van der Waals surface area contributed by atoms with Gasteiger partial charge in [0.25, 0.3) is 20.6 Å². The Morgan fingerprint density at radius 1 is 1.03 bits per heavy atom. The molecule has 2 amide bonds. The number of nitro groups is 1. The fraction of sp³-hybridized carbons (Fsp3) is 0.375. The number of amides is 2. The number of benzene rings is 2. The number of nitrogens with zero attached hydrogens (tertiary/aromatic N) is 1. The summed E-state index contributed by atoms with van der Waals surface area (Å²) in [5.74, 6) is -0.706. The summed E-state index contributed by atoms with van der Waals surface area (Å²) in [5.41, 5.74) is -0.411. The Hall–Kier alpha value is -2.96. The normalized spacial score (nSPS) is 11.6. The van der Waals surface area contributed by atoms with Crippen LogP contribution in [0.4, 0.5) is 11.4 Å². The number of halogens is 1. The highest BCUT2D eigenvalue weighted by Crippen LogP contribution is 2.35. The first-order chi connectivity index (χ1) is 17.2. The molecule has 13 heteroatoms. The molecular formula is C24H28ClN3O7S2. The molecule has 37 heavy (non-hydrogen) atoms. The highest BCUT2D eigenvalue weighted by atomic mass is 35.7. The molecule has 0 aliphatic rings. The van der Waals surface area contributed by atoms with E-state index in [9.17, 15) is 32.9 Å². The monoisotopic (exact) mass is 569 g/mol. The zero-order valence-corrected chi connectivity index (χ0v) is 23.0. The number of rotatable bonds is 11. The fourth-order valence-electron chi connectivity index (χ4n) is 2.96. The third-order valence-electron chi connectivity index (χ3n) is 5.02. The van der Waals surface area contributed by atoms with Crippen molar-refractivity contribution in [2.24, 2.45) is 5.41 Å². The maximum atomic E-state index is 12.4. The molecule has 0 heterocycles. The quantitative estimate of drug-likeness (QED) is 0.124. The molecule has 0 saturated heterocycles. The Morgan fingerprint density at radius 2 is 1.68 bits per heavy atom. The van der Waals surface area contributed by atoms with E-state index in [1.165, 1.54) is 36.4 Å². The Kier molecular flexibility index (Phi) is 10.6. The van der Waals surface area contributed by atoms with Gasteiger partial charge in [-0.1, -0.05) is 27.2 Å². The molecule has 0 bridgehead atoms. The van der Waals surface area contributed by atoms with Gasteiger partial charge in [0.1, 0.15) is 0 Å². The summed E-state index contributed by atoms with van der Waals surface area (Å²) in [5, 5.41) is 16.6. The van der Waals surface area contributed by atoms with E-state index in [1.807, 2.05) is 0 Å². The lowest BCUT2D eigenvalue weighted by atomic mass is 10.00. The SMILES string of the molecule is CC(C)(C)C(=O)Sc1ccc(C(=O)NCCCCCC(=O)Nc2ccc(S(=O)(=O)Cl)cc2)cc1[N+](=O)[O-]. The summed E-state index contributed by atoms with van der Waals surface area (Å²) in [4.78, 5) is 47.7. The molecule has 0 atom stereocenters. The van der Waals surface area contributed by atoms with E-state index in [1.54, 1.807) is 20.8 Å². The van der Waals surface area contributed by atoms with Crippen LogP contribution in [0.3, 0.4) is 0 Å².